The normalized spacial score (nSPS) is 23.1. The summed E-state index contributed by atoms with van der Waals surface area (Å²) in [6.45, 7) is 7.71. The van der Waals surface area contributed by atoms with E-state index in [9.17, 15) is 14.7 Å². The quantitative estimate of drug-likeness (QED) is 0.773. The van der Waals surface area contributed by atoms with Crippen LogP contribution in [0.2, 0.25) is 0 Å². The van der Waals surface area contributed by atoms with E-state index in [0.29, 0.717) is 30.8 Å². The van der Waals surface area contributed by atoms with Crippen LogP contribution in [0.1, 0.15) is 49.9 Å². The molecule has 31 heavy (non-hydrogen) atoms. The van der Waals surface area contributed by atoms with Crippen molar-refractivity contribution in [2.24, 2.45) is 5.92 Å². The number of phenols is 1. The maximum Gasteiger partial charge on any atom is 0.258 e. The van der Waals surface area contributed by atoms with E-state index in [1.165, 1.54) is 12.8 Å². The number of hydrogen-bond acceptors (Lipinski definition) is 4. The van der Waals surface area contributed by atoms with Gasteiger partial charge in [-0.15, -0.1) is 0 Å². The molecule has 2 amide bonds. The molecule has 2 saturated heterocycles. The van der Waals surface area contributed by atoms with Crippen LogP contribution in [0, 0.1) is 5.92 Å². The summed E-state index contributed by atoms with van der Waals surface area (Å²) in [7, 11) is 0. The first kappa shape index (κ1) is 21.6. The largest absolute Gasteiger partial charge is 0.506 e. The fourth-order valence-corrected chi connectivity index (χ4v) is 4.99. The third kappa shape index (κ3) is 4.54. The first-order valence-corrected chi connectivity index (χ1v) is 11.5. The van der Waals surface area contributed by atoms with Gasteiger partial charge in [0.25, 0.3) is 5.91 Å². The number of carbonyl (C=O) groups is 2. The van der Waals surface area contributed by atoms with Crippen molar-refractivity contribution >= 4 is 22.6 Å². The Bertz CT molecular complexity index is 960. The highest BCUT2D eigenvalue weighted by atomic mass is 16.3. The van der Waals surface area contributed by atoms with Crippen molar-refractivity contribution in [2.75, 3.05) is 26.2 Å². The molecule has 6 nitrogen and oxygen atoms in total. The second-order valence-electron chi connectivity index (χ2n) is 9.18. The molecule has 2 aromatic rings. The van der Waals surface area contributed by atoms with Gasteiger partial charge in [0.2, 0.25) is 5.91 Å². The van der Waals surface area contributed by atoms with Crippen molar-refractivity contribution in [1.29, 1.82) is 0 Å². The lowest BCUT2D eigenvalue weighted by Gasteiger charge is -2.36. The third-order valence-corrected chi connectivity index (χ3v) is 6.83. The molecule has 0 aromatic heterocycles. The van der Waals surface area contributed by atoms with Crippen LogP contribution in [0.4, 0.5) is 0 Å². The van der Waals surface area contributed by atoms with Gasteiger partial charge >= 0.3 is 0 Å². The second-order valence-corrected chi connectivity index (χ2v) is 9.18. The molecular formula is C25H33N3O3. The number of nitrogens with one attached hydrogen (secondary N) is 1. The number of rotatable bonds is 5. The summed E-state index contributed by atoms with van der Waals surface area (Å²) in [6, 6.07) is 10.7. The molecule has 0 radical (unpaired) electrons. The molecule has 2 fully saturated rings. The van der Waals surface area contributed by atoms with E-state index in [4.69, 9.17) is 0 Å². The van der Waals surface area contributed by atoms with E-state index in [0.717, 1.165) is 24.9 Å². The minimum Gasteiger partial charge on any atom is -0.506 e. The third-order valence-electron chi connectivity index (χ3n) is 6.83. The van der Waals surface area contributed by atoms with Crippen LogP contribution in [-0.2, 0) is 4.79 Å². The summed E-state index contributed by atoms with van der Waals surface area (Å²) in [6.07, 6.45) is 3.92. The molecule has 2 aromatic carbocycles. The predicted octanol–water partition coefficient (Wildman–Crippen LogP) is 3.39. The van der Waals surface area contributed by atoms with Crippen LogP contribution in [0.15, 0.2) is 36.4 Å². The Hall–Kier alpha value is -2.60. The van der Waals surface area contributed by atoms with Gasteiger partial charge in [0, 0.05) is 31.1 Å². The van der Waals surface area contributed by atoms with E-state index >= 15 is 0 Å². The molecule has 166 valence electrons. The van der Waals surface area contributed by atoms with E-state index in [1.807, 2.05) is 24.3 Å². The number of aromatic hydroxyl groups is 1. The number of benzene rings is 2. The molecule has 0 spiro atoms. The Labute approximate surface area is 184 Å². The van der Waals surface area contributed by atoms with E-state index in [-0.39, 0.29) is 29.2 Å². The van der Waals surface area contributed by atoms with Crippen LogP contribution in [0.5, 0.6) is 5.75 Å². The van der Waals surface area contributed by atoms with Crippen LogP contribution in [-0.4, -0.2) is 65.0 Å². The first-order chi connectivity index (χ1) is 15.0. The van der Waals surface area contributed by atoms with Crippen molar-refractivity contribution in [3.8, 4) is 5.75 Å². The molecule has 2 aliphatic heterocycles. The lowest BCUT2D eigenvalue weighted by atomic mass is 9.99. The zero-order chi connectivity index (χ0) is 22.0. The number of nitrogens with zero attached hydrogens (tertiary/aromatic N) is 2. The molecule has 2 N–H and O–H groups in total. The average Bonchev–Trinajstić information content (AvgIpc) is 3.27. The molecule has 0 bridgehead atoms. The Kier molecular flexibility index (Phi) is 6.46. The SMILES string of the molecule is CC1CCCN(C(C)CNC(=O)C2CCCN2C(=O)c2ccc3ccccc3c2O)C1. The summed E-state index contributed by atoms with van der Waals surface area (Å²) in [5, 5.41) is 15.3. The van der Waals surface area contributed by atoms with Crippen molar-refractivity contribution in [2.45, 2.75) is 51.6 Å². The highest BCUT2D eigenvalue weighted by Gasteiger charge is 2.35. The van der Waals surface area contributed by atoms with Crippen molar-refractivity contribution in [3.05, 3.63) is 42.0 Å². The Morgan fingerprint density at radius 1 is 1.13 bits per heavy atom. The van der Waals surface area contributed by atoms with Crippen LogP contribution < -0.4 is 5.32 Å². The zero-order valence-electron chi connectivity index (χ0n) is 18.5. The number of amides is 2. The molecule has 3 atom stereocenters. The van der Waals surface area contributed by atoms with Gasteiger partial charge in [-0.2, -0.15) is 0 Å². The standard InChI is InChI=1S/C25H33N3O3/c1-17-7-5-13-27(16-17)18(2)15-26-24(30)22-10-6-14-28(22)25(31)21-12-11-19-8-3-4-9-20(19)23(21)29/h3-4,8-9,11-12,17-18,22,29H,5-7,10,13-16H2,1-2H3,(H,26,30). The van der Waals surface area contributed by atoms with Crippen LogP contribution >= 0.6 is 0 Å². The fraction of sp³-hybridized carbons (Fsp3) is 0.520. The summed E-state index contributed by atoms with van der Waals surface area (Å²) < 4.78 is 0. The Morgan fingerprint density at radius 2 is 1.90 bits per heavy atom. The monoisotopic (exact) mass is 423 g/mol. The molecule has 6 heteroatoms. The topological polar surface area (TPSA) is 72.9 Å². The lowest BCUT2D eigenvalue weighted by Crippen LogP contribution is -2.50. The minimum absolute atomic E-state index is 0.0120. The summed E-state index contributed by atoms with van der Waals surface area (Å²) in [4.78, 5) is 30.2. The van der Waals surface area contributed by atoms with Gasteiger partial charge in [-0.3, -0.25) is 14.5 Å². The zero-order valence-corrected chi connectivity index (χ0v) is 18.5. The maximum atomic E-state index is 13.2. The smallest absolute Gasteiger partial charge is 0.258 e. The molecular weight excluding hydrogens is 390 g/mol. The molecule has 2 heterocycles. The van der Waals surface area contributed by atoms with Gasteiger partial charge in [0.15, 0.2) is 0 Å². The molecule has 2 aliphatic rings. The molecule has 0 aliphatic carbocycles. The van der Waals surface area contributed by atoms with Crippen LogP contribution in [0.3, 0.4) is 0 Å². The van der Waals surface area contributed by atoms with Crippen LogP contribution in [0.25, 0.3) is 10.8 Å². The van der Waals surface area contributed by atoms with Crippen molar-refractivity contribution in [1.82, 2.24) is 15.1 Å². The highest BCUT2D eigenvalue weighted by molar-refractivity contribution is 6.05. The van der Waals surface area contributed by atoms with Gasteiger partial charge in [-0.25, -0.2) is 0 Å². The number of phenolic OH excluding ortho intramolecular Hbond substituents is 1. The van der Waals surface area contributed by atoms with E-state index < -0.39 is 6.04 Å². The number of fused-ring (bicyclic) bond motifs is 1. The molecule has 0 saturated carbocycles. The lowest BCUT2D eigenvalue weighted by molar-refractivity contribution is -0.125. The number of piperidine rings is 1. The van der Waals surface area contributed by atoms with Gasteiger partial charge in [-0.05, 0) is 56.5 Å². The van der Waals surface area contributed by atoms with Gasteiger partial charge in [0.1, 0.15) is 11.8 Å². The van der Waals surface area contributed by atoms with Crippen molar-refractivity contribution in [3.63, 3.8) is 0 Å². The van der Waals surface area contributed by atoms with E-state index in [2.05, 4.69) is 24.1 Å². The second kappa shape index (κ2) is 9.27. The summed E-state index contributed by atoms with van der Waals surface area (Å²) >= 11 is 0. The molecule has 3 unspecified atom stereocenters. The minimum atomic E-state index is -0.481. The van der Waals surface area contributed by atoms with Gasteiger partial charge in [0.05, 0.1) is 5.56 Å². The van der Waals surface area contributed by atoms with Crippen molar-refractivity contribution < 1.29 is 14.7 Å². The number of carbonyl (C=O) groups excluding carboxylic acids is 2. The first-order valence-electron chi connectivity index (χ1n) is 11.5. The number of hydrogen-bond donors (Lipinski definition) is 2. The summed E-state index contributed by atoms with van der Waals surface area (Å²) in [5.41, 5.74) is 0.258. The number of likely N-dealkylation sites (tertiary alicyclic amines) is 2. The highest BCUT2D eigenvalue weighted by Crippen LogP contribution is 2.31. The van der Waals surface area contributed by atoms with E-state index in [1.54, 1.807) is 17.0 Å². The van der Waals surface area contributed by atoms with Gasteiger partial charge in [-0.1, -0.05) is 37.3 Å². The fourth-order valence-electron chi connectivity index (χ4n) is 4.99. The Balaban J connectivity index is 1.42. The average molecular weight is 424 g/mol. The summed E-state index contributed by atoms with van der Waals surface area (Å²) in [5.74, 6) is 0.313. The molecule has 4 rings (SSSR count). The maximum absolute atomic E-state index is 13.2. The van der Waals surface area contributed by atoms with Gasteiger partial charge < -0.3 is 15.3 Å². The Morgan fingerprint density at radius 3 is 2.71 bits per heavy atom. The predicted molar refractivity (Wildman–Crippen MR) is 122 cm³/mol.